The van der Waals surface area contributed by atoms with Crippen molar-refractivity contribution in [3.05, 3.63) is 71.1 Å². The van der Waals surface area contributed by atoms with Crippen molar-refractivity contribution in [2.24, 2.45) is 11.8 Å². The summed E-state index contributed by atoms with van der Waals surface area (Å²) in [6.07, 6.45) is 6.05. The summed E-state index contributed by atoms with van der Waals surface area (Å²) in [5, 5.41) is 19.5. The van der Waals surface area contributed by atoms with Gasteiger partial charge < -0.3 is 35.3 Å². The Morgan fingerprint density at radius 2 is 1.89 bits per heavy atom. The Bertz CT molecular complexity index is 1250. The van der Waals surface area contributed by atoms with Crippen LogP contribution in [0.1, 0.15) is 47.5 Å². The number of amides is 2. The van der Waals surface area contributed by atoms with Crippen molar-refractivity contribution in [2.75, 3.05) is 27.3 Å². The molecule has 1 heterocycles. The molecule has 0 saturated heterocycles. The SMILES string of the molecule is C=CCNC1=C2C[C@@H](C)C[C@H](OC)[C@H](O)[C@@H](C)/C=C(/C)[C@H](OC(=O)NCC)[C@@H](OC)/C=C\C=C(\C)C(=O)NC(=CC1=O)C2=O. The molecule has 1 aliphatic heterocycles. The molecule has 2 amide bonds. The van der Waals surface area contributed by atoms with E-state index in [4.69, 9.17) is 14.2 Å². The minimum atomic E-state index is -0.947. The van der Waals surface area contributed by atoms with E-state index in [1.807, 2.05) is 19.9 Å². The van der Waals surface area contributed by atoms with Gasteiger partial charge in [-0.1, -0.05) is 44.2 Å². The lowest BCUT2D eigenvalue weighted by Crippen LogP contribution is -2.38. The summed E-state index contributed by atoms with van der Waals surface area (Å²) < 4.78 is 17.1. The van der Waals surface area contributed by atoms with Crippen LogP contribution >= 0.6 is 0 Å². The molecule has 2 rings (SSSR count). The molecule has 2 aliphatic rings. The highest BCUT2D eigenvalue weighted by Gasteiger charge is 2.33. The number of carbonyl (C=O) groups is 4. The van der Waals surface area contributed by atoms with Crippen LogP contribution in [0.4, 0.5) is 4.79 Å². The van der Waals surface area contributed by atoms with Crippen molar-refractivity contribution in [2.45, 2.75) is 71.9 Å². The zero-order chi connectivity index (χ0) is 33.0. The molecule has 44 heavy (non-hydrogen) atoms. The summed E-state index contributed by atoms with van der Waals surface area (Å²) in [4.78, 5) is 52.2. The lowest BCUT2D eigenvalue weighted by atomic mass is 9.85. The number of hydrogen-bond acceptors (Lipinski definition) is 9. The van der Waals surface area contributed by atoms with E-state index in [-0.39, 0.29) is 41.4 Å². The first-order valence-corrected chi connectivity index (χ1v) is 14.8. The molecule has 0 aromatic rings. The zero-order valence-corrected chi connectivity index (χ0v) is 26.8. The zero-order valence-electron chi connectivity index (χ0n) is 26.8. The van der Waals surface area contributed by atoms with Gasteiger partial charge in [-0.2, -0.15) is 0 Å². The molecule has 0 radical (unpaired) electrons. The second-order valence-corrected chi connectivity index (χ2v) is 11.1. The Kier molecular flexibility index (Phi) is 14.5. The Hall–Kier alpha value is -3.80. The lowest BCUT2D eigenvalue weighted by molar-refractivity contribution is -0.120. The number of ketones is 2. The third kappa shape index (κ3) is 9.87. The average Bonchev–Trinajstić information content (AvgIpc) is 2.98. The maximum absolute atomic E-state index is 13.6. The second-order valence-electron chi connectivity index (χ2n) is 11.1. The van der Waals surface area contributed by atoms with Crippen LogP contribution in [0.3, 0.4) is 0 Å². The van der Waals surface area contributed by atoms with Crippen LogP contribution in [0.5, 0.6) is 0 Å². The van der Waals surface area contributed by atoms with E-state index in [2.05, 4.69) is 22.5 Å². The van der Waals surface area contributed by atoms with Crippen LogP contribution in [-0.4, -0.2) is 80.4 Å². The molecular weight excluding hydrogens is 566 g/mol. The second kappa shape index (κ2) is 17.5. The van der Waals surface area contributed by atoms with Gasteiger partial charge in [-0.25, -0.2) is 4.79 Å². The maximum Gasteiger partial charge on any atom is 0.407 e. The van der Waals surface area contributed by atoms with Crippen LogP contribution in [0, 0.1) is 11.8 Å². The number of aliphatic hydroxyl groups is 1. The number of Topliss-reactive ketones (excluding diaryl/α,β-unsaturated/α-hetero) is 1. The predicted molar refractivity (Wildman–Crippen MR) is 167 cm³/mol. The minimum Gasteiger partial charge on any atom is -0.439 e. The molecule has 6 atom stereocenters. The quantitative estimate of drug-likeness (QED) is 0.251. The molecular formula is C33H47N3O8. The molecule has 242 valence electrons. The summed E-state index contributed by atoms with van der Waals surface area (Å²) in [7, 11) is 2.97. The number of rotatable bonds is 7. The van der Waals surface area contributed by atoms with Gasteiger partial charge >= 0.3 is 6.09 Å². The first kappa shape index (κ1) is 36.4. The summed E-state index contributed by atoms with van der Waals surface area (Å²) in [6, 6.07) is 0. The van der Waals surface area contributed by atoms with Crippen LogP contribution < -0.4 is 16.0 Å². The van der Waals surface area contributed by atoms with Gasteiger partial charge in [0.15, 0.2) is 6.10 Å². The normalized spacial score (nSPS) is 30.6. The molecule has 0 unspecified atom stereocenters. The minimum absolute atomic E-state index is 0.122. The fourth-order valence-electron chi connectivity index (χ4n) is 5.13. The van der Waals surface area contributed by atoms with Gasteiger partial charge in [-0.3, -0.25) is 14.4 Å². The molecule has 1 aliphatic carbocycles. The fraction of sp³-hybridized carbons (Fsp3) is 0.515. The van der Waals surface area contributed by atoms with E-state index < -0.39 is 53.9 Å². The summed E-state index contributed by atoms with van der Waals surface area (Å²) in [6.45, 7) is 13.2. The van der Waals surface area contributed by atoms with Crippen molar-refractivity contribution in [1.82, 2.24) is 16.0 Å². The predicted octanol–water partition coefficient (Wildman–Crippen LogP) is 3.19. The lowest BCUT2D eigenvalue weighted by Gasteiger charge is -2.30. The van der Waals surface area contributed by atoms with Gasteiger partial charge in [0.1, 0.15) is 6.10 Å². The van der Waals surface area contributed by atoms with E-state index in [0.29, 0.717) is 18.5 Å². The Morgan fingerprint density at radius 1 is 1.18 bits per heavy atom. The van der Waals surface area contributed by atoms with Gasteiger partial charge in [-0.05, 0) is 45.1 Å². The Labute approximate surface area is 260 Å². The summed E-state index contributed by atoms with van der Waals surface area (Å²) >= 11 is 0. The highest BCUT2D eigenvalue weighted by molar-refractivity contribution is 6.23. The molecule has 0 aromatic carbocycles. The molecule has 0 fully saturated rings. The van der Waals surface area contributed by atoms with Gasteiger partial charge in [0.05, 0.1) is 23.6 Å². The molecule has 4 N–H and O–H groups in total. The molecule has 0 aromatic heterocycles. The number of ether oxygens (including phenoxy) is 3. The van der Waals surface area contributed by atoms with Gasteiger partial charge in [0.25, 0.3) is 5.91 Å². The highest BCUT2D eigenvalue weighted by Crippen LogP contribution is 2.28. The number of methoxy groups -OCH3 is 2. The largest absolute Gasteiger partial charge is 0.439 e. The molecule has 0 spiro atoms. The number of carbonyl (C=O) groups excluding carboxylic acids is 4. The van der Waals surface area contributed by atoms with Crippen molar-refractivity contribution in [3.63, 3.8) is 0 Å². The monoisotopic (exact) mass is 613 g/mol. The van der Waals surface area contributed by atoms with Crippen LogP contribution in [0.15, 0.2) is 71.1 Å². The number of allylic oxidation sites excluding steroid dienone is 4. The van der Waals surface area contributed by atoms with Gasteiger partial charge in [-0.15, -0.1) is 6.58 Å². The molecule has 2 bridgehead atoms. The number of nitrogens with one attached hydrogen (secondary N) is 3. The van der Waals surface area contributed by atoms with E-state index in [1.165, 1.54) is 20.3 Å². The summed E-state index contributed by atoms with van der Waals surface area (Å²) in [5.74, 6) is -2.09. The third-order valence-corrected chi connectivity index (χ3v) is 7.53. The van der Waals surface area contributed by atoms with Crippen LogP contribution in [0.25, 0.3) is 0 Å². The third-order valence-electron chi connectivity index (χ3n) is 7.53. The molecule has 11 heteroatoms. The number of alkyl carbamates (subject to hydrolysis) is 1. The van der Waals surface area contributed by atoms with Crippen molar-refractivity contribution >= 4 is 23.6 Å². The average molecular weight is 614 g/mol. The molecule has 0 saturated carbocycles. The standard InChI is InChI=1S/C33H47N3O8/c1-9-14-35-28-23-15-19(3)16-27(43-8)29(38)21(5)17-22(6)31(44-33(41)34-10-2)26(42-7)13-11-12-20(4)32(40)36-24(30(23)39)18-25(28)37/h9,11-13,17-19,21,26-27,29,31,35,38H,1,10,14-16H2,2-8H3,(H,34,41)(H,36,40)/b13-11-,20-12-,22-17-/t19-,21+,26+,27+,29-,31+/m1/s1. The van der Waals surface area contributed by atoms with E-state index >= 15 is 0 Å². The van der Waals surface area contributed by atoms with Gasteiger partial charge in [0, 0.05) is 50.4 Å². The maximum atomic E-state index is 13.6. The number of aliphatic hydroxyl groups excluding tert-OH is 1. The van der Waals surface area contributed by atoms with Crippen LogP contribution in [0.2, 0.25) is 0 Å². The van der Waals surface area contributed by atoms with E-state index in [0.717, 1.165) is 6.08 Å². The van der Waals surface area contributed by atoms with Crippen LogP contribution in [-0.2, 0) is 28.6 Å². The Morgan fingerprint density at radius 3 is 2.50 bits per heavy atom. The number of fused-ring (bicyclic) bond motifs is 2. The molecule has 11 nitrogen and oxygen atoms in total. The Balaban J connectivity index is 2.62. The first-order valence-electron chi connectivity index (χ1n) is 14.8. The van der Waals surface area contributed by atoms with Crippen molar-refractivity contribution < 1.29 is 38.5 Å². The van der Waals surface area contributed by atoms with Crippen molar-refractivity contribution in [1.29, 1.82) is 0 Å². The summed E-state index contributed by atoms with van der Waals surface area (Å²) in [5.41, 5.74) is 1.18. The van der Waals surface area contributed by atoms with E-state index in [9.17, 15) is 24.3 Å². The first-order chi connectivity index (χ1) is 20.9. The van der Waals surface area contributed by atoms with Crippen molar-refractivity contribution in [3.8, 4) is 0 Å². The van der Waals surface area contributed by atoms with E-state index in [1.54, 1.807) is 39.0 Å². The van der Waals surface area contributed by atoms with Gasteiger partial charge in [0.2, 0.25) is 11.6 Å². The smallest absolute Gasteiger partial charge is 0.407 e. The number of hydrogen-bond donors (Lipinski definition) is 4. The topological polar surface area (TPSA) is 152 Å². The fourth-order valence-corrected chi connectivity index (χ4v) is 5.13. The highest BCUT2D eigenvalue weighted by atomic mass is 16.6.